The topological polar surface area (TPSA) is 100 Å². The molecule has 2 aromatic heterocycles. The van der Waals surface area contributed by atoms with E-state index >= 15 is 0 Å². The van der Waals surface area contributed by atoms with Gasteiger partial charge in [-0.25, -0.2) is 23.5 Å². The van der Waals surface area contributed by atoms with Crippen LogP contribution < -0.4 is 5.32 Å². The van der Waals surface area contributed by atoms with Gasteiger partial charge in [0.1, 0.15) is 23.9 Å². The summed E-state index contributed by atoms with van der Waals surface area (Å²) in [5.41, 5.74) is 0.625. The Labute approximate surface area is 165 Å². The van der Waals surface area contributed by atoms with Gasteiger partial charge in [0, 0.05) is 17.1 Å². The largest absolute Gasteiger partial charge is 0.453 e. The van der Waals surface area contributed by atoms with Crippen molar-refractivity contribution in [2.75, 3.05) is 12.4 Å². The smallest absolute Gasteiger partial charge is 0.411 e. The van der Waals surface area contributed by atoms with Crippen molar-refractivity contribution in [2.45, 2.75) is 31.8 Å². The van der Waals surface area contributed by atoms with Gasteiger partial charge in [0.15, 0.2) is 5.82 Å². The third-order valence-corrected chi connectivity index (χ3v) is 5.18. The zero-order valence-electron chi connectivity index (χ0n) is 15.7. The first kappa shape index (κ1) is 19.3. The number of hydrogen-bond donors (Lipinski definition) is 3. The van der Waals surface area contributed by atoms with Crippen LogP contribution >= 0.6 is 0 Å². The van der Waals surface area contributed by atoms with Crippen LogP contribution in [0.1, 0.15) is 42.2 Å². The molecule has 9 heteroatoms. The molecular formula is C20H20F2N4O3. The van der Waals surface area contributed by atoms with Crippen LogP contribution in [0.5, 0.6) is 0 Å². The van der Waals surface area contributed by atoms with E-state index in [1.165, 1.54) is 25.4 Å². The number of rotatable bonds is 6. The van der Waals surface area contributed by atoms with Crippen molar-refractivity contribution >= 4 is 22.8 Å². The molecular weight excluding hydrogens is 382 g/mol. The van der Waals surface area contributed by atoms with E-state index < -0.39 is 29.4 Å². The van der Waals surface area contributed by atoms with Crippen molar-refractivity contribution in [3.8, 4) is 0 Å². The number of carbonyl (C=O) groups excluding carboxylic acids is 1. The first-order chi connectivity index (χ1) is 14.0. The number of ether oxygens (including phenoxy) is 1. The van der Waals surface area contributed by atoms with E-state index in [4.69, 9.17) is 0 Å². The second-order valence-electron chi connectivity index (χ2n) is 7.11. The van der Waals surface area contributed by atoms with E-state index in [1.807, 2.05) is 0 Å². The van der Waals surface area contributed by atoms with Crippen LogP contribution in [0.2, 0.25) is 0 Å². The fraction of sp³-hybridized carbons (Fsp3) is 0.350. The van der Waals surface area contributed by atoms with Crippen molar-refractivity contribution in [1.29, 1.82) is 0 Å². The molecule has 1 amide bonds. The number of methoxy groups -OCH3 is 1. The Bertz CT molecular complexity index is 1070. The number of halogens is 2. The van der Waals surface area contributed by atoms with Gasteiger partial charge < -0.3 is 14.8 Å². The lowest BCUT2D eigenvalue weighted by Crippen LogP contribution is -2.15. The number of anilines is 1. The van der Waals surface area contributed by atoms with Crippen molar-refractivity contribution in [1.82, 2.24) is 15.0 Å². The van der Waals surface area contributed by atoms with Crippen molar-refractivity contribution in [2.24, 2.45) is 5.92 Å². The molecule has 152 valence electrons. The van der Waals surface area contributed by atoms with Gasteiger partial charge in [-0.05, 0) is 30.9 Å². The Hall–Kier alpha value is -3.07. The second-order valence-corrected chi connectivity index (χ2v) is 7.11. The predicted octanol–water partition coefficient (Wildman–Crippen LogP) is 3.84. The number of fused-ring (bicyclic) bond motifs is 1. The molecule has 29 heavy (non-hydrogen) atoms. The van der Waals surface area contributed by atoms with Crippen LogP contribution in [-0.4, -0.2) is 33.3 Å². The molecule has 1 atom stereocenters. The molecule has 1 aromatic carbocycles. The molecule has 1 aliphatic rings. The summed E-state index contributed by atoms with van der Waals surface area (Å²) in [6.45, 7) is 0. The van der Waals surface area contributed by atoms with Gasteiger partial charge in [-0.2, -0.15) is 0 Å². The van der Waals surface area contributed by atoms with Crippen molar-refractivity contribution in [3.05, 3.63) is 53.1 Å². The lowest BCUT2D eigenvalue weighted by molar-refractivity contribution is 0.186. The van der Waals surface area contributed by atoms with Gasteiger partial charge in [-0.15, -0.1) is 0 Å². The zero-order valence-corrected chi connectivity index (χ0v) is 15.7. The molecule has 0 spiro atoms. The third-order valence-electron chi connectivity index (χ3n) is 5.18. The Kier molecular flexibility index (Phi) is 5.14. The predicted molar refractivity (Wildman–Crippen MR) is 101 cm³/mol. The lowest BCUT2D eigenvalue weighted by Gasteiger charge is -2.16. The summed E-state index contributed by atoms with van der Waals surface area (Å²) in [6.07, 6.45) is 4.45. The van der Waals surface area contributed by atoms with E-state index in [-0.39, 0.29) is 11.3 Å². The minimum Gasteiger partial charge on any atom is -0.453 e. The number of aliphatic hydroxyl groups excluding tert-OH is 1. The summed E-state index contributed by atoms with van der Waals surface area (Å²) in [5, 5.41) is 13.6. The van der Waals surface area contributed by atoms with Gasteiger partial charge >= 0.3 is 6.09 Å². The van der Waals surface area contributed by atoms with Gasteiger partial charge in [-0.3, -0.25) is 5.32 Å². The van der Waals surface area contributed by atoms with Gasteiger partial charge in [0.25, 0.3) is 0 Å². The van der Waals surface area contributed by atoms with Crippen LogP contribution in [0.15, 0.2) is 24.7 Å². The third kappa shape index (κ3) is 3.77. The number of amides is 1. The molecule has 0 saturated heterocycles. The molecule has 4 rings (SSSR count). The van der Waals surface area contributed by atoms with Crippen molar-refractivity contribution in [3.63, 3.8) is 0 Å². The Balaban J connectivity index is 1.74. The maximum atomic E-state index is 14.9. The molecule has 1 aliphatic carbocycles. The van der Waals surface area contributed by atoms with E-state index in [0.29, 0.717) is 23.4 Å². The van der Waals surface area contributed by atoms with E-state index in [0.717, 1.165) is 31.4 Å². The summed E-state index contributed by atoms with van der Waals surface area (Å²) in [4.78, 5) is 22.8. The Morgan fingerprint density at radius 1 is 1.38 bits per heavy atom. The highest BCUT2D eigenvalue weighted by molar-refractivity contribution is 5.85. The molecule has 3 aromatic rings. The fourth-order valence-corrected chi connectivity index (χ4v) is 3.44. The Morgan fingerprint density at radius 2 is 2.17 bits per heavy atom. The first-order valence-corrected chi connectivity index (χ1v) is 9.31. The first-order valence-electron chi connectivity index (χ1n) is 9.31. The Morgan fingerprint density at radius 3 is 2.90 bits per heavy atom. The number of benzene rings is 1. The molecule has 3 N–H and O–H groups in total. The fourth-order valence-electron chi connectivity index (χ4n) is 3.44. The van der Waals surface area contributed by atoms with E-state index in [2.05, 4.69) is 25.0 Å². The van der Waals surface area contributed by atoms with Gasteiger partial charge in [0.2, 0.25) is 0 Å². The highest BCUT2D eigenvalue weighted by Gasteiger charge is 2.27. The summed E-state index contributed by atoms with van der Waals surface area (Å²) in [6, 6.07) is 2.05. The average molecular weight is 402 g/mol. The molecule has 0 radical (unpaired) electrons. The minimum atomic E-state index is -1.62. The zero-order chi connectivity index (χ0) is 20.5. The van der Waals surface area contributed by atoms with Crippen LogP contribution in [-0.2, 0) is 11.2 Å². The number of aliphatic hydroxyl groups is 1. The molecule has 2 heterocycles. The standard InChI is InChI=1S/C20H20F2N4O3/c1-29-20(28)26-14-7-5-12(21)16(17(14)22)18(27)11-8-23-19-15(11)13(24-9-25-19)6-4-10-2-3-10/h5,7-10,18,27H,2-4,6H2,1H3,(H,26,28)(H,23,24,25). The number of aryl methyl sites for hydroxylation is 1. The normalized spacial score (nSPS) is 14.8. The molecule has 1 saturated carbocycles. The van der Waals surface area contributed by atoms with Crippen molar-refractivity contribution < 1.29 is 23.4 Å². The number of hydrogen-bond acceptors (Lipinski definition) is 5. The van der Waals surface area contributed by atoms with E-state index in [9.17, 15) is 18.7 Å². The lowest BCUT2D eigenvalue weighted by atomic mass is 9.98. The molecule has 1 unspecified atom stereocenters. The second kappa shape index (κ2) is 7.75. The van der Waals surface area contributed by atoms with Gasteiger partial charge in [-0.1, -0.05) is 12.8 Å². The maximum Gasteiger partial charge on any atom is 0.411 e. The van der Waals surface area contributed by atoms with E-state index in [1.54, 1.807) is 0 Å². The monoisotopic (exact) mass is 402 g/mol. The van der Waals surface area contributed by atoms with Gasteiger partial charge in [0.05, 0.1) is 24.1 Å². The summed E-state index contributed by atoms with van der Waals surface area (Å²) in [7, 11) is 1.13. The summed E-state index contributed by atoms with van der Waals surface area (Å²) < 4.78 is 33.8. The minimum absolute atomic E-state index is 0.277. The number of aromatic nitrogens is 3. The SMILES string of the molecule is COC(=O)Nc1ccc(F)c(C(O)c2c[nH]c3ncnc(CCC4CC4)c23)c1F. The number of carbonyl (C=O) groups is 1. The molecule has 1 fully saturated rings. The highest BCUT2D eigenvalue weighted by Crippen LogP contribution is 2.37. The summed E-state index contributed by atoms with van der Waals surface area (Å²) in [5.74, 6) is -1.33. The number of H-pyrrole nitrogens is 1. The maximum absolute atomic E-state index is 14.9. The highest BCUT2D eigenvalue weighted by atomic mass is 19.1. The average Bonchev–Trinajstić information content (AvgIpc) is 3.44. The van der Waals surface area contributed by atoms with Crippen LogP contribution in [0.25, 0.3) is 11.0 Å². The van der Waals surface area contributed by atoms with Crippen LogP contribution in [0, 0.1) is 17.6 Å². The molecule has 7 nitrogen and oxygen atoms in total. The number of nitrogens with zero attached hydrogens (tertiary/aromatic N) is 2. The quantitative estimate of drug-likeness (QED) is 0.582. The van der Waals surface area contributed by atoms with Crippen LogP contribution in [0.4, 0.5) is 19.3 Å². The number of aromatic amines is 1. The molecule has 0 bridgehead atoms. The summed E-state index contributed by atoms with van der Waals surface area (Å²) >= 11 is 0. The number of nitrogens with one attached hydrogen (secondary N) is 2. The molecule has 0 aliphatic heterocycles. The van der Waals surface area contributed by atoms with Crippen LogP contribution in [0.3, 0.4) is 0 Å².